The standard InChI is InChI=1S/C12H21N3O/c1-4-6-13-9-11(3)10-15-8-7-14(5-2)12(15)16/h7-8,13H,3-6,9-10H2,1-2H3. The molecule has 0 bridgehead atoms. The van der Waals surface area contributed by atoms with E-state index >= 15 is 0 Å². The van der Waals surface area contributed by atoms with Crippen LogP contribution in [0.15, 0.2) is 29.3 Å². The Morgan fingerprint density at radius 2 is 2.06 bits per heavy atom. The lowest BCUT2D eigenvalue weighted by Gasteiger charge is -2.07. The maximum atomic E-state index is 11.7. The number of rotatable bonds is 7. The van der Waals surface area contributed by atoms with Crippen molar-refractivity contribution in [2.45, 2.75) is 33.4 Å². The SMILES string of the molecule is C=C(CNCCC)Cn1ccn(CC)c1=O. The summed E-state index contributed by atoms with van der Waals surface area (Å²) >= 11 is 0. The predicted molar refractivity (Wildman–Crippen MR) is 66.7 cm³/mol. The van der Waals surface area contributed by atoms with Crippen LogP contribution < -0.4 is 11.0 Å². The number of hydrogen-bond donors (Lipinski definition) is 1. The van der Waals surface area contributed by atoms with Crippen molar-refractivity contribution in [2.75, 3.05) is 13.1 Å². The average Bonchev–Trinajstić information content (AvgIpc) is 2.60. The summed E-state index contributed by atoms with van der Waals surface area (Å²) in [6.45, 7) is 11.1. The summed E-state index contributed by atoms with van der Waals surface area (Å²) in [6, 6.07) is 0. The molecular weight excluding hydrogens is 202 g/mol. The molecule has 0 unspecified atom stereocenters. The summed E-state index contributed by atoms with van der Waals surface area (Å²) in [7, 11) is 0. The minimum Gasteiger partial charge on any atom is -0.313 e. The van der Waals surface area contributed by atoms with Crippen molar-refractivity contribution in [3.63, 3.8) is 0 Å². The molecule has 0 aliphatic heterocycles. The van der Waals surface area contributed by atoms with Gasteiger partial charge in [-0.25, -0.2) is 4.79 Å². The largest absolute Gasteiger partial charge is 0.328 e. The van der Waals surface area contributed by atoms with Gasteiger partial charge in [-0.05, 0) is 25.5 Å². The number of nitrogens with zero attached hydrogens (tertiary/aromatic N) is 2. The molecule has 0 saturated heterocycles. The van der Waals surface area contributed by atoms with Gasteiger partial charge in [-0.1, -0.05) is 13.5 Å². The quantitative estimate of drug-likeness (QED) is 0.558. The molecular formula is C12H21N3O. The van der Waals surface area contributed by atoms with E-state index in [1.807, 2.05) is 19.3 Å². The molecule has 0 saturated carbocycles. The van der Waals surface area contributed by atoms with Gasteiger partial charge < -0.3 is 5.32 Å². The van der Waals surface area contributed by atoms with Crippen molar-refractivity contribution in [1.82, 2.24) is 14.5 Å². The molecule has 0 amide bonds. The molecule has 1 heterocycles. The molecule has 1 aromatic rings. The molecule has 16 heavy (non-hydrogen) atoms. The molecule has 1 aromatic heterocycles. The van der Waals surface area contributed by atoms with Crippen molar-refractivity contribution < 1.29 is 0 Å². The second-order valence-corrected chi connectivity index (χ2v) is 3.92. The van der Waals surface area contributed by atoms with Crippen LogP contribution in [0.25, 0.3) is 0 Å². The zero-order valence-corrected chi connectivity index (χ0v) is 10.2. The van der Waals surface area contributed by atoms with Crippen molar-refractivity contribution in [3.8, 4) is 0 Å². The van der Waals surface area contributed by atoms with Gasteiger partial charge in [0.05, 0.1) is 0 Å². The fourth-order valence-electron chi connectivity index (χ4n) is 1.55. The Morgan fingerprint density at radius 3 is 2.62 bits per heavy atom. The fraction of sp³-hybridized carbons (Fsp3) is 0.583. The van der Waals surface area contributed by atoms with Crippen LogP contribution in [-0.4, -0.2) is 22.2 Å². The van der Waals surface area contributed by atoms with Gasteiger partial charge >= 0.3 is 5.69 Å². The minimum atomic E-state index is 0.0409. The number of aryl methyl sites for hydroxylation is 1. The fourth-order valence-corrected chi connectivity index (χ4v) is 1.55. The molecule has 0 radical (unpaired) electrons. The Bertz CT molecular complexity index is 389. The topological polar surface area (TPSA) is 39.0 Å². The molecule has 0 atom stereocenters. The summed E-state index contributed by atoms with van der Waals surface area (Å²) in [5.41, 5.74) is 1.07. The van der Waals surface area contributed by atoms with Crippen LogP contribution >= 0.6 is 0 Å². The van der Waals surface area contributed by atoms with Crippen molar-refractivity contribution in [1.29, 1.82) is 0 Å². The number of aromatic nitrogens is 2. The summed E-state index contributed by atoms with van der Waals surface area (Å²) in [5, 5.41) is 3.27. The second kappa shape index (κ2) is 6.33. The molecule has 1 rings (SSSR count). The smallest absolute Gasteiger partial charge is 0.313 e. The van der Waals surface area contributed by atoms with Gasteiger partial charge in [-0.15, -0.1) is 0 Å². The van der Waals surface area contributed by atoms with E-state index in [1.165, 1.54) is 0 Å². The first kappa shape index (κ1) is 12.8. The molecule has 4 heteroatoms. The van der Waals surface area contributed by atoms with Crippen LogP contribution in [0.1, 0.15) is 20.3 Å². The van der Waals surface area contributed by atoms with Crippen molar-refractivity contribution >= 4 is 0 Å². The molecule has 0 fully saturated rings. The van der Waals surface area contributed by atoms with E-state index in [9.17, 15) is 4.79 Å². The molecule has 0 aliphatic carbocycles. The Hall–Kier alpha value is -1.29. The first-order valence-corrected chi connectivity index (χ1v) is 5.82. The Balaban J connectivity index is 2.50. The third kappa shape index (κ3) is 3.38. The summed E-state index contributed by atoms with van der Waals surface area (Å²) in [5.74, 6) is 0. The predicted octanol–water partition coefficient (Wildman–Crippen LogP) is 1.23. The maximum Gasteiger partial charge on any atom is 0.328 e. The number of hydrogen-bond acceptors (Lipinski definition) is 2. The van der Waals surface area contributed by atoms with E-state index in [0.717, 1.165) is 25.1 Å². The van der Waals surface area contributed by atoms with E-state index in [4.69, 9.17) is 0 Å². The monoisotopic (exact) mass is 223 g/mol. The molecule has 1 N–H and O–H groups in total. The van der Waals surface area contributed by atoms with E-state index < -0.39 is 0 Å². The lowest BCUT2D eigenvalue weighted by Crippen LogP contribution is -2.26. The molecule has 90 valence electrons. The molecule has 0 aromatic carbocycles. The van der Waals surface area contributed by atoms with Crippen LogP contribution in [0.5, 0.6) is 0 Å². The summed E-state index contributed by atoms with van der Waals surface area (Å²) < 4.78 is 3.38. The van der Waals surface area contributed by atoms with Crippen LogP contribution in [0.2, 0.25) is 0 Å². The van der Waals surface area contributed by atoms with E-state index in [-0.39, 0.29) is 5.69 Å². The van der Waals surface area contributed by atoms with Gasteiger partial charge in [0.1, 0.15) is 0 Å². The van der Waals surface area contributed by atoms with E-state index in [2.05, 4.69) is 18.8 Å². The van der Waals surface area contributed by atoms with Crippen LogP contribution in [0.4, 0.5) is 0 Å². The highest BCUT2D eigenvalue weighted by Crippen LogP contribution is 1.94. The van der Waals surface area contributed by atoms with Crippen LogP contribution in [0.3, 0.4) is 0 Å². The van der Waals surface area contributed by atoms with Crippen LogP contribution in [-0.2, 0) is 13.1 Å². The van der Waals surface area contributed by atoms with E-state index in [1.54, 1.807) is 9.13 Å². The average molecular weight is 223 g/mol. The summed E-state index contributed by atoms with van der Waals surface area (Å²) in [4.78, 5) is 11.7. The van der Waals surface area contributed by atoms with Gasteiger partial charge in [-0.3, -0.25) is 9.13 Å². The minimum absolute atomic E-state index is 0.0409. The maximum absolute atomic E-state index is 11.7. The van der Waals surface area contributed by atoms with E-state index in [0.29, 0.717) is 13.1 Å². The molecule has 0 aliphatic rings. The summed E-state index contributed by atoms with van der Waals surface area (Å²) in [6.07, 6.45) is 4.74. The van der Waals surface area contributed by atoms with Gasteiger partial charge in [0.15, 0.2) is 0 Å². The Morgan fingerprint density at radius 1 is 1.38 bits per heavy atom. The Kier molecular flexibility index (Phi) is 5.05. The molecule has 4 nitrogen and oxygen atoms in total. The molecule has 0 spiro atoms. The second-order valence-electron chi connectivity index (χ2n) is 3.92. The lowest BCUT2D eigenvalue weighted by atomic mass is 10.3. The van der Waals surface area contributed by atoms with Crippen molar-refractivity contribution in [3.05, 3.63) is 35.0 Å². The van der Waals surface area contributed by atoms with Gasteiger partial charge in [0.25, 0.3) is 0 Å². The highest BCUT2D eigenvalue weighted by molar-refractivity contribution is 4.98. The Labute approximate surface area is 96.6 Å². The number of imidazole rings is 1. The third-order valence-corrected chi connectivity index (χ3v) is 2.45. The zero-order valence-electron chi connectivity index (χ0n) is 10.2. The van der Waals surface area contributed by atoms with Crippen LogP contribution in [0, 0.1) is 0 Å². The van der Waals surface area contributed by atoms with Gasteiger partial charge in [0.2, 0.25) is 0 Å². The van der Waals surface area contributed by atoms with Gasteiger partial charge in [-0.2, -0.15) is 0 Å². The van der Waals surface area contributed by atoms with Gasteiger partial charge in [0, 0.05) is 32.0 Å². The van der Waals surface area contributed by atoms with Crippen molar-refractivity contribution in [2.24, 2.45) is 0 Å². The first-order chi connectivity index (χ1) is 7.69. The first-order valence-electron chi connectivity index (χ1n) is 5.82. The highest BCUT2D eigenvalue weighted by Gasteiger charge is 2.02. The third-order valence-electron chi connectivity index (χ3n) is 2.45. The number of nitrogens with one attached hydrogen (secondary N) is 1. The zero-order chi connectivity index (χ0) is 12.0. The highest BCUT2D eigenvalue weighted by atomic mass is 16.1. The lowest BCUT2D eigenvalue weighted by molar-refractivity contribution is 0.638. The normalized spacial score (nSPS) is 10.6.